The van der Waals surface area contributed by atoms with Crippen molar-refractivity contribution in [2.24, 2.45) is 0 Å². The van der Waals surface area contributed by atoms with Crippen LogP contribution in [0.5, 0.6) is 0 Å². The summed E-state index contributed by atoms with van der Waals surface area (Å²) in [6.45, 7) is 1.69. The van der Waals surface area contributed by atoms with Crippen molar-refractivity contribution in [2.75, 3.05) is 7.11 Å². The van der Waals surface area contributed by atoms with Gasteiger partial charge in [0.25, 0.3) is 5.91 Å². The van der Waals surface area contributed by atoms with Crippen molar-refractivity contribution in [1.29, 1.82) is 0 Å². The maximum Gasteiger partial charge on any atom is 0.425 e. The van der Waals surface area contributed by atoms with Crippen molar-refractivity contribution < 1.29 is 14.3 Å². The molecule has 2 aromatic rings. The molecule has 104 valence electrons. The van der Waals surface area contributed by atoms with E-state index in [4.69, 9.17) is 0 Å². The van der Waals surface area contributed by atoms with E-state index in [2.05, 4.69) is 25.7 Å². The Morgan fingerprint density at radius 1 is 1.35 bits per heavy atom. The van der Waals surface area contributed by atoms with Gasteiger partial charge in [-0.05, 0) is 19.1 Å². The second kappa shape index (κ2) is 5.83. The highest BCUT2D eigenvalue weighted by molar-refractivity contribution is 5.95. The summed E-state index contributed by atoms with van der Waals surface area (Å²) >= 11 is 0. The summed E-state index contributed by atoms with van der Waals surface area (Å²) in [4.78, 5) is 26.7. The van der Waals surface area contributed by atoms with E-state index >= 15 is 0 Å². The molecule has 0 aromatic carbocycles. The lowest BCUT2D eigenvalue weighted by Crippen LogP contribution is -2.41. The molecule has 20 heavy (non-hydrogen) atoms. The lowest BCUT2D eigenvalue weighted by molar-refractivity contribution is 0.0920. The molecule has 2 amide bonds. The van der Waals surface area contributed by atoms with E-state index in [0.717, 1.165) is 5.69 Å². The summed E-state index contributed by atoms with van der Waals surface area (Å²) < 4.78 is 5.88. The zero-order valence-corrected chi connectivity index (χ0v) is 11.0. The van der Waals surface area contributed by atoms with Gasteiger partial charge in [0, 0.05) is 12.4 Å². The van der Waals surface area contributed by atoms with Gasteiger partial charge in [0.2, 0.25) is 0 Å². The van der Waals surface area contributed by atoms with Crippen LogP contribution in [-0.2, 0) is 4.74 Å². The monoisotopic (exact) mass is 275 g/mol. The average molecular weight is 275 g/mol. The third-order valence-electron chi connectivity index (χ3n) is 2.52. The minimum Gasteiger partial charge on any atom is -0.452 e. The third kappa shape index (κ3) is 2.91. The number of carbonyl (C=O) groups excluding carboxylic acids is 2. The van der Waals surface area contributed by atoms with Crippen molar-refractivity contribution in [3.05, 3.63) is 42.0 Å². The van der Waals surface area contributed by atoms with E-state index in [-0.39, 0.29) is 0 Å². The van der Waals surface area contributed by atoms with Gasteiger partial charge in [-0.1, -0.05) is 0 Å². The first-order valence-electron chi connectivity index (χ1n) is 5.73. The van der Waals surface area contributed by atoms with Crippen molar-refractivity contribution in [3.8, 4) is 5.69 Å². The van der Waals surface area contributed by atoms with Crippen molar-refractivity contribution in [1.82, 2.24) is 25.6 Å². The summed E-state index contributed by atoms with van der Waals surface area (Å²) in [6.07, 6.45) is 4.07. The van der Waals surface area contributed by atoms with Crippen LogP contribution >= 0.6 is 0 Å². The number of aromatic nitrogens is 3. The predicted molar refractivity (Wildman–Crippen MR) is 69.1 cm³/mol. The topological polar surface area (TPSA) is 98.1 Å². The first-order valence-corrected chi connectivity index (χ1v) is 5.73. The van der Waals surface area contributed by atoms with E-state index in [9.17, 15) is 9.59 Å². The zero-order chi connectivity index (χ0) is 14.5. The number of ether oxygens (including phenoxy) is 1. The van der Waals surface area contributed by atoms with Crippen LogP contribution in [0, 0.1) is 6.92 Å². The van der Waals surface area contributed by atoms with E-state index < -0.39 is 12.0 Å². The number of nitrogens with zero attached hydrogens (tertiary/aromatic N) is 3. The quantitative estimate of drug-likeness (QED) is 0.781. The van der Waals surface area contributed by atoms with Crippen molar-refractivity contribution in [2.45, 2.75) is 6.92 Å². The van der Waals surface area contributed by atoms with Crippen LogP contribution in [0.25, 0.3) is 5.69 Å². The lowest BCUT2D eigenvalue weighted by Gasteiger charge is -2.04. The maximum absolute atomic E-state index is 11.9. The Balaban J connectivity index is 2.15. The molecule has 0 fully saturated rings. The van der Waals surface area contributed by atoms with Gasteiger partial charge in [0.15, 0.2) is 0 Å². The number of rotatable bonds is 2. The van der Waals surface area contributed by atoms with Gasteiger partial charge in [0.1, 0.15) is 0 Å². The lowest BCUT2D eigenvalue weighted by atomic mass is 10.2. The first kappa shape index (κ1) is 13.5. The zero-order valence-electron chi connectivity index (χ0n) is 11.0. The van der Waals surface area contributed by atoms with Crippen molar-refractivity contribution in [3.63, 3.8) is 0 Å². The van der Waals surface area contributed by atoms with Gasteiger partial charge >= 0.3 is 6.09 Å². The van der Waals surface area contributed by atoms with E-state index in [1.54, 1.807) is 31.6 Å². The molecule has 0 spiro atoms. The number of methoxy groups -OCH3 is 1. The standard InChI is InChI=1S/C12H13N5O3/c1-8-10(11(18)14-15-12(19)20-2)7-17(16-8)9-4-3-5-13-6-9/h3-7H,1-2H3,(H,14,18)(H,15,19). The van der Waals surface area contributed by atoms with E-state index in [1.165, 1.54) is 11.8 Å². The molecule has 0 aliphatic carbocycles. The summed E-state index contributed by atoms with van der Waals surface area (Å²) in [7, 11) is 1.20. The number of pyridine rings is 1. The summed E-state index contributed by atoms with van der Waals surface area (Å²) in [5, 5.41) is 4.22. The Hall–Kier alpha value is -2.90. The minimum absolute atomic E-state index is 0.338. The van der Waals surface area contributed by atoms with Crippen LogP contribution in [0.1, 0.15) is 16.1 Å². The average Bonchev–Trinajstić information content (AvgIpc) is 2.87. The summed E-state index contributed by atoms with van der Waals surface area (Å²) in [5.74, 6) is -0.483. The molecule has 0 atom stereocenters. The second-order valence-corrected chi connectivity index (χ2v) is 3.85. The molecular formula is C12H13N5O3. The Bertz CT molecular complexity index is 623. The molecular weight excluding hydrogens is 262 g/mol. The van der Waals surface area contributed by atoms with Gasteiger partial charge in [0.05, 0.1) is 30.3 Å². The molecule has 0 aliphatic heterocycles. The fraction of sp³-hybridized carbons (Fsp3) is 0.167. The highest BCUT2D eigenvalue weighted by Crippen LogP contribution is 2.10. The number of aryl methyl sites for hydroxylation is 1. The molecule has 2 rings (SSSR count). The highest BCUT2D eigenvalue weighted by Gasteiger charge is 2.14. The number of hydrogen-bond donors (Lipinski definition) is 2. The highest BCUT2D eigenvalue weighted by atomic mass is 16.5. The van der Waals surface area contributed by atoms with Crippen LogP contribution < -0.4 is 10.9 Å². The largest absolute Gasteiger partial charge is 0.452 e. The third-order valence-corrected chi connectivity index (χ3v) is 2.52. The number of carbonyl (C=O) groups is 2. The SMILES string of the molecule is COC(=O)NNC(=O)c1cn(-c2cccnc2)nc1C. The van der Waals surface area contributed by atoms with Crippen LogP contribution in [-0.4, -0.2) is 33.9 Å². The normalized spacial score (nSPS) is 9.90. The molecule has 0 saturated carbocycles. The first-order chi connectivity index (χ1) is 9.61. The molecule has 2 heterocycles. The molecule has 8 heteroatoms. The second-order valence-electron chi connectivity index (χ2n) is 3.85. The molecule has 0 saturated heterocycles. The molecule has 0 aliphatic rings. The molecule has 2 aromatic heterocycles. The number of hydrogen-bond acceptors (Lipinski definition) is 5. The smallest absolute Gasteiger partial charge is 0.425 e. The number of hydrazine groups is 1. The van der Waals surface area contributed by atoms with Crippen molar-refractivity contribution >= 4 is 12.0 Å². The van der Waals surface area contributed by atoms with Gasteiger partial charge in [-0.3, -0.25) is 15.2 Å². The Kier molecular flexibility index (Phi) is 3.94. The van der Waals surface area contributed by atoms with Gasteiger partial charge in [-0.15, -0.1) is 0 Å². The van der Waals surface area contributed by atoms with E-state index in [1.807, 2.05) is 6.07 Å². The molecule has 2 N–H and O–H groups in total. The number of amides is 2. The number of nitrogens with one attached hydrogen (secondary N) is 2. The summed E-state index contributed by atoms with van der Waals surface area (Å²) in [5.41, 5.74) is 5.92. The van der Waals surface area contributed by atoms with Gasteiger partial charge < -0.3 is 4.74 Å². The fourth-order valence-electron chi connectivity index (χ4n) is 1.53. The van der Waals surface area contributed by atoms with Gasteiger partial charge in [-0.2, -0.15) is 5.10 Å². The Morgan fingerprint density at radius 2 is 2.15 bits per heavy atom. The van der Waals surface area contributed by atoms with Crippen LogP contribution in [0.2, 0.25) is 0 Å². The Morgan fingerprint density at radius 3 is 2.80 bits per heavy atom. The van der Waals surface area contributed by atoms with E-state index in [0.29, 0.717) is 11.3 Å². The molecule has 0 unspecified atom stereocenters. The molecule has 8 nitrogen and oxygen atoms in total. The minimum atomic E-state index is -0.754. The molecule has 0 bridgehead atoms. The van der Waals surface area contributed by atoms with Crippen LogP contribution in [0.3, 0.4) is 0 Å². The fourth-order valence-corrected chi connectivity index (χ4v) is 1.53. The van der Waals surface area contributed by atoms with Gasteiger partial charge in [-0.25, -0.2) is 14.9 Å². The van der Waals surface area contributed by atoms with Crippen LogP contribution in [0.15, 0.2) is 30.7 Å². The molecule has 0 radical (unpaired) electrons. The predicted octanol–water partition coefficient (Wildman–Crippen LogP) is 0.577. The summed E-state index contributed by atoms with van der Waals surface area (Å²) in [6, 6.07) is 3.58. The Labute approximate surface area is 114 Å². The van der Waals surface area contributed by atoms with Crippen LogP contribution in [0.4, 0.5) is 4.79 Å². The maximum atomic E-state index is 11.9.